The van der Waals surface area contributed by atoms with Gasteiger partial charge in [-0.25, -0.2) is 9.78 Å². The number of fused-ring (bicyclic) bond motifs is 1. The maximum absolute atomic E-state index is 12.9. The minimum atomic E-state index is -1.27. The molecule has 3 unspecified atom stereocenters. The van der Waals surface area contributed by atoms with Crippen LogP contribution in [0.5, 0.6) is 0 Å². The van der Waals surface area contributed by atoms with E-state index in [1.165, 1.54) is 12.5 Å². The maximum atomic E-state index is 12.9. The molecule has 3 amide bonds. The summed E-state index contributed by atoms with van der Waals surface area (Å²) in [5.74, 6) is -3.30. The van der Waals surface area contributed by atoms with Crippen LogP contribution < -0.4 is 22.1 Å². The highest BCUT2D eigenvalue weighted by atomic mass is 16.4. The Balaban J connectivity index is 1.69. The van der Waals surface area contributed by atoms with Gasteiger partial charge in [0.05, 0.1) is 12.4 Å². The summed E-state index contributed by atoms with van der Waals surface area (Å²) < 4.78 is 0. The van der Waals surface area contributed by atoms with Crippen molar-refractivity contribution in [1.82, 2.24) is 25.6 Å². The van der Waals surface area contributed by atoms with Gasteiger partial charge < -0.3 is 37.2 Å². The van der Waals surface area contributed by atoms with Gasteiger partial charge in [0.15, 0.2) is 0 Å². The molecule has 1 aromatic carbocycles. The number of nitrogens with two attached hydrogens (primary N) is 2. The zero-order valence-corrected chi connectivity index (χ0v) is 18.3. The van der Waals surface area contributed by atoms with Gasteiger partial charge in [0.2, 0.25) is 17.7 Å². The fourth-order valence-electron chi connectivity index (χ4n) is 3.55. The lowest BCUT2D eigenvalue weighted by Crippen LogP contribution is -2.55. The van der Waals surface area contributed by atoms with Crippen LogP contribution >= 0.6 is 0 Å². The highest BCUT2D eigenvalue weighted by Gasteiger charge is 2.29. The predicted octanol–water partition coefficient (Wildman–Crippen LogP) is -0.677. The van der Waals surface area contributed by atoms with Crippen LogP contribution in [0.4, 0.5) is 0 Å². The lowest BCUT2D eigenvalue weighted by atomic mass is 10.0. The Morgan fingerprint density at radius 2 is 1.76 bits per heavy atom. The van der Waals surface area contributed by atoms with Crippen LogP contribution in [0.25, 0.3) is 10.9 Å². The number of aromatic nitrogens is 3. The van der Waals surface area contributed by atoms with Gasteiger partial charge in [-0.2, -0.15) is 0 Å². The number of hydrogen-bond acceptors (Lipinski definition) is 6. The lowest BCUT2D eigenvalue weighted by molar-refractivity contribution is -0.142. The molecule has 180 valence electrons. The number of carboxylic acid groups (broad SMARTS) is 1. The number of H-pyrrole nitrogens is 2. The van der Waals surface area contributed by atoms with Crippen molar-refractivity contribution in [3.8, 4) is 0 Å². The van der Waals surface area contributed by atoms with E-state index in [1.807, 2.05) is 24.3 Å². The van der Waals surface area contributed by atoms with Gasteiger partial charge in [-0.1, -0.05) is 18.2 Å². The van der Waals surface area contributed by atoms with E-state index in [9.17, 15) is 24.3 Å². The number of aliphatic carboxylic acids is 1. The Morgan fingerprint density at radius 1 is 1.03 bits per heavy atom. The number of benzene rings is 1. The molecular formula is C22H27N7O5. The van der Waals surface area contributed by atoms with E-state index in [0.29, 0.717) is 11.3 Å². The Labute approximate surface area is 194 Å². The second-order valence-electron chi connectivity index (χ2n) is 7.92. The number of imidazole rings is 1. The molecule has 0 radical (unpaired) electrons. The summed E-state index contributed by atoms with van der Waals surface area (Å²) in [4.78, 5) is 58.4. The average molecular weight is 470 g/mol. The molecule has 0 bridgehead atoms. The lowest BCUT2D eigenvalue weighted by Gasteiger charge is -2.22. The molecule has 0 aliphatic heterocycles. The molecule has 34 heavy (non-hydrogen) atoms. The van der Waals surface area contributed by atoms with E-state index in [-0.39, 0.29) is 25.7 Å². The molecule has 0 saturated heterocycles. The van der Waals surface area contributed by atoms with Gasteiger partial charge in [0.1, 0.15) is 12.1 Å². The number of nitrogens with one attached hydrogen (secondary N) is 4. The number of amides is 3. The van der Waals surface area contributed by atoms with Gasteiger partial charge >= 0.3 is 5.97 Å². The predicted molar refractivity (Wildman–Crippen MR) is 122 cm³/mol. The monoisotopic (exact) mass is 469 g/mol. The third-order valence-corrected chi connectivity index (χ3v) is 5.36. The SMILES string of the molecule is NC(=O)CCC(NC(=O)C(N)Cc1cnc[nH]1)C(=O)NC(Cc1c[nH]c2ccccc12)C(=O)O. The minimum absolute atomic E-state index is 0.0148. The molecule has 9 N–H and O–H groups in total. The summed E-state index contributed by atoms with van der Waals surface area (Å²) >= 11 is 0. The Bertz CT molecular complexity index is 1160. The van der Waals surface area contributed by atoms with Crippen LogP contribution in [-0.4, -0.2) is 61.9 Å². The van der Waals surface area contributed by atoms with Gasteiger partial charge in [0.25, 0.3) is 0 Å². The van der Waals surface area contributed by atoms with Crippen molar-refractivity contribution in [2.45, 2.75) is 43.8 Å². The zero-order chi connectivity index (χ0) is 24.7. The van der Waals surface area contributed by atoms with Crippen molar-refractivity contribution in [2.24, 2.45) is 11.5 Å². The summed E-state index contributed by atoms with van der Waals surface area (Å²) in [6, 6.07) is 3.92. The van der Waals surface area contributed by atoms with Crippen molar-refractivity contribution in [2.75, 3.05) is 0 Å². The van der Waals surface area contributed by atoms with E-state index < -0.39 is 41.8 Å². The van der Waals surface area contributed by atoms with Gasteiger partial charge in [-0.05, 0) is 18.1 Å². The maximum Gasteiger partial charge on any atom is 0.326 e. The molecule has 0 saturated carbocycles. The first-order chi connectivity index (χ1) is 16.2. The first-order valence-corrected chi connectivity index (χ1v) is 10.6. The minimum Gasteiger partial charge on any atom is -0.480 e. The topological polar surface area (TPSA) is 209 Å². The van der Waals surface area contributed by atoms with E-state index in [1.54, 1.807) is 6.20 Å². The summed E-state index contributed by atoms with van der Waals surface area (Å²) in [6.45, 7) is 0. The van der Waals surface area contributed by atoms with Crippen molar-refractivity contribution in [1.29, 1.82) is 0 Å². The molecular weight excluding hydrogens is 442 g/mol. The van der Waals surface area contributed by atoms with Crippen LogP contribution in [0, 0.1) is 0 Å². The highest BCUT2D eigenvalue weighted by molar-refractivity contribution is 5.92. The van der Waals surface area contributed by atoms with E-state index in [4.69, 9.17) is 11.5 Å². The zero-order valence-electron chi connectivity index (χ0n) is 18.3. The summed E-state index contributed by atoms with van der Waals surface area (Å²) in [5.41, 5.74) is 13.3. The Kier molecular flexibility index (Phi) is 7.98. The quantitative estimate of drug-likeness (QED) is 0.181. The van der Waals surface area contributed by atoms with Crippen molar-refractivity contribution in [3.05, 3.63) is 54.2 Å². The van der Waals surface area contributed by atoms with Gasteiger partial charge in [-0.15, -0.1) is 0 Å². The first kappa shape index (κ1) is 24.5. The van der Waals surface area contributed by atoms with Crippen molar-refractivity contribution in [3.63, 3.8) is 0 Å². The second-order valence-corrected chi connectivity index (χ2v) is 7.92. The number of para-hydroxylation sites is 1. The molecule has 2 heterocycles. The third-order valence-electron chi connectivity index (χ3n) is 5.36. The van der Waals surface area contributed by atoms with E-state index in [2.05, 4.69) is 25.6 Å². The number of rotatable bonds is 12. The number of carbonyl (C=O) groups excluding carboxylic acids is 3. The molecule has 12 heteroatoms. The standard InChI is InChI=1S/C22H27N7O5/c23-15(8-13-10-25-11-27-13)20(31)28-17(5-6-19(24)30)21(32)29-18(22(33)34)7-12-9-26-16-4-2-1-3-14(12)16/h1-4,9-11,15,17-18,26H,5-8,23H2,(H2,24,30)(H,25,27)(H,28,31)(H,29,32)(H,33,34). The molecule has 0 aliphatic carbocycles. The molecule has 12 nitrogen and oxygen atoms in total. The molecule has 3 aromatic rings. The molecule has 0 fully saturated rings. The van der Waals surface area contributed by atoms with Gasteiger partial charge in [-0.3, -0.25) is 14.4 Å². The van der Waals surface area contributed by atoms with Gasteiger partial charge in [0, 0.05) is 48.3 Å². The first-order valence-electron chi connectivity index (χ1n) is 10.6. The molecule has 2 aromatic heterocycles. The number of nitrogens with zero attached hydrogens (tertiary/aromatic N) is 1. The summed E-state index contributed by atoms with van der Waals surface area (Å²) in [5, 5.41) is 15.5. The number of primary amides is 1. The van der Waals surface area contributed by atoms with Crippen LogP contribution in [0.1, 0.15) is 24.1 Å². The van der Waals surface area contributed by atoms with Crippen molar-refractivity contribution < 1.29 is 24.3 Å². The smallest absolute Gasteiger partial charge is 0.326 e. The number of carboxylic acids is 1. The van der Waals surface area contributed by atoms with Crippen LogP contribution in [0.2, 0.25) is 0 Å². The Morgan fingerprint density at radius 3 is 2.44 bits per heavy atom. The normalized spacial score (nSPS) is 13.7. The van der Waals surface area contributed by atoms with Crippen LogP contribution in [0.15, 0.2) is 43.0 Å². The molecule has 0 aliphatic rings. The summed E-state index contributed by atoms with van der Waals surface area (Å²) in [7, 11) is 0. The fraction of sp³-hybridized carbons (Fsp3) is 0.318. The van der Waals surface area contributed by atoms with Crippen LogP contribution in [-0.2, 0) is 32.0 Å². The molecule has 0 spiro atoms. The van der Waals surface area contributed by atoms with Crippen LogP contribution in [0.3, 0.4) is 0 Å². The molecule has 3 rings (SSSR count). The average Bonchev–Trinajstić information content (AvgIpc) is 3.45. The van der Waals surface area contributed by atoms with E-state index in [0.717, 1.165) is 10.9 Å². The number of hydrogen-bond donors (Lipinski definition) is 7. The fourth-order valence-corrected chi connectivity index (χ4v) is 3.55. The number of aromatic amines is 2. The Hall–Kier alpha value is -4.19. The third kappa shape index (κ3) is 6.42. The number of carbonyl (C=O) groups is 4. The highest BCUT2D eigenvalue weighted by Crippen LogP contribution is 2.19. The van der Waals surface area contributed by atoms with Crippen molar-refractivity contribution >= 4 is 34.6 Å². The van der Waals surface area contributed by atoms with E-state index >= 15 is 0 Å². The second kappa shape index (κ2) is 11.1. The largest absolute Gasteiger partial charge is 0.480 e. The summed E-state index contributed by atoms with van der Waals surface area (Å²) in [6.07, 6.45) is 4.52. The molecule has 3 atom stereocenters.